The Kier molecular flexibility index (Phi) is 7.81. The van der Waals surface area contributed by atoms with Crippen LogP contribution in [0, 0.1) is 0 Å². The van der Waals surface area contributed by atoms with E-state index in [2.05, 4.69) is 4.98 Å². The summed E-state index contributed by atoms with van der Waals surface area (Å²) in [5, 5.41) is 70.4. The third-order valence-corrected chi connectivity index (χ3v) is 5.94. The second-order valence-corrected chi connectivity index (χ2v) is 7.91. The highest BCUT2D eigenvalue weighted by molar-refractivity contribution is 7.99. The predicted octanol–water partition coefficient (Wildman–Crippen LogP) is -3.20. The Labute approximate surface area is 170 Å². The molecular formula is C17H25NO10S. The van der Waals surface area contributed by atoms with Gasteiger partial charge in [0.2, 0.25) is 0 Å². The van der Waals surface area contributed by atoms with Gasteiger partial charge in [-0.3, -0.25) is 0 Å². The van der Waals surface area contributed by atoms with Crippen LogP contribution in [-0.2, 0) is 14.2 Å². The van der Waals surface area contributed by atoms with E-state index in [-0.39, 0.29) is 0 Å². The van der Waals surface area contributed by atoms with Gasteiger partial charge in [-0.15, -0.1) is 0 Å². The average molecular weight is 435 g/mol. The molecule has 11 nitrogen and oxygen atoms in total. The summed E-state index contributed by atoms with van der Waals surface area (Å²) in [6.07, 6.45) is -11.5. The number of hydrogen-bond acceptors (Lipinski definition) is 12. The summed E-state index contributed by atoms with van der Waals surface area (Å²) in [7, 11) is 0. The summed E-state index contributed by atoms with van der Waals surface area (Å²) in [5.41, 5.74) is -0.972. The van der Waals surface area contributed by atoms with Gasteiger partial charge < -0.3 is 50.0 Å². The van der Waals surface area contributed by atoms with Crippen LogP contribution in [0.3, 0.4) is 0 Å². The topological polar surface area (TPSA) is 182 Å². The molecule has 1 aromatic heterocycles. The van der Waals surface area contributed by atoms with Gasteiger partial charge in [-0.05, 0) is 12.1 Å². The maximum absolute atomic E-state index is 10.7. The molecule has 0 bridgehead atoms. The number of ether oxygens (including phenoxy) is 3. The third kappa shape index (κ3) is 4.89. The quantitative estimate of drug-likeness (QED) is 0.238. The van der Waals surface area contributed by atoms with E-state index in [1.807, 2.05) is 0 Å². The van der Waals surface area contributed by atoms with E-state index < -0.39 is 73.8 Å². The lowest BCUT2D eigenvalue weighted by Crippen LogP contribution is -2.64. The fourth-order valence-corrected chi connectivity index (χ4v) is 4.19. The van der Waals surface area contributed by atoms with Crippen LogP contribution in [0.5, 0.6) is 0 Å². The van der Waals surface area contributed by atoms with Crippen molar-refractivity contribution in [3.8, 4) is 0 Å². The summed E-state index contributed by atoms with van der Waals surface area (Å²) in [5.74, 6) is 0. The summed E-state index contributed by atoms with van der Waals surface area (Å²) < 4.78 is 16.4. The van der Waals surface area contributed by atoms with Gasteiger partial charge in [-0.25, -0.2) is 4.98 Å². The zero-order chi connectivity index (χ0) is 21.1. The van der Waals surface area contributed by atoms with E-state index in [1.54, 1.807) is 24.4 Å². The fraction of sp³-hybridized carbons (Fsp3) is 0.706. The van der Waals surface area contributed by atoms with Crippen molar-refractivity contribution in [1.29, 1.82) is 0 Å². The zero-order valence-corrected chi connectivity index (χ0v) is 16.0. The zero-order valence-electron chi connectivity index (χ0n) is 15.2. The normalized spacial score (nSPS) is 43.3. The van der Waals surface area contributed by atoms with Crippen LogP contribution in [-0.4, -0.2) is 115 Å². The summed E-state index contributed by atoms with van der Waals surface area (Å²) in [6, 6.07) is 5.14. The summed E-state index contributed by atoms with van der Waals surface area (Å²) >= 11 is 1.05. The molecule has 29 heavy (non-hydrogen) atoms. The molecule has 0 saturated carbocycles. The molecule has 2 aliphatic rings. The molecule has 1 aromatic rings. The highest BCUT2D eigenvalue weighted by Gasteiger charge is 2.50. The first-order chi connectivity index (χ1) is 13.9. The van der Waals surface area contributed by atoms with Gasteiger partial charge in [0.15, 0.2) is 6.29 Å². The molecule has 0 unspecified atom stereocenters. The standard InChI is InChI=1S/C17H25NO10S/c19-5-7-10(21)12(23)13(24)16(26-7)28-15-11(22)8(6-20)27-17(14(15)25)29-9-3-1-2-4-18-9/h1-4,7-8,10-17,19-25H,5-6H2/t7-,8-,10-,11-,12+,13-,14-,15+,16+,17+/m1/s1. The summed E-state index contributed by atoms with van der Waals surface area (Å²) in [4.78, 5) is 4.12. The molecule has 3 heterocycles. The number of pyridine rings is 1. The largest absolute Gasteiger partial charge is 0.394 e. The van der Waals surface area contributed by atoms with Crippen LogP contribution < -0.4 is 0 Å². The molecule has 10 atom stereocenters. The van der Waals surface area contributed by atoms with Gasteiger partial charge in [0.05, 0.1) is 18.2 Å². The van der Waals surface area contributed by atoms with E-state index in [0.29, 0.717) is 5.03 Å². The lowest BCUT2D eigenvalue weighted by Gasteiger charge is -2.45. The fourth-order valence-electron chi connectivity index (χ4n) is 3.18. The van der Waals surface area contributed by atoms with Crippen molar-refractivity contribution in [3.63, 3.8) is 0 Å². The Bertz CT molecular complexity index is 640. The number of rotatable bonds is 6. The van der Waals surface area contributed by atoms with Crippen LogP contribution >= 0.6 is 11.8 Å². The molecule has 0 amide bonds. The van der Waals surface area contributed by atoms with E-state index in [0.717, 1.165) is 11.8 Å². The van der Waals surface area contributed by atoms with Gasteiger partial charge in [-0.2, -0.15) is 0 Å². The van der Waals surface area contributed by atoms with Crippen LogP contribution in [0.15, 0.2) is 29.4 Å². The molecule has 164 valence electrons. The van der Waals surface area contributed by atoms with Gasteiger partial charge in [-0.1, -0.05) is 17.8 Å². The first-order valence-electron chi connectivity index (χ1n) is 9.03. The van der Waals surface area contributed by atoms with Crippen molar-refractivity contribution in [2.75, 3.05) is 13.2 Å². The van der Waals surface area contributed by atoms with E-state index in [4.69, 9.17) is 14.2 Å². The van der Waals surface area contributed by atoms with Crippen molar-refractivity contribution in [1.82, 2.24) is 4.98 Å². The number of aliphatic hydroxyl groups is 7. The first kappa shape index (κ1) is 22.8. The Balaban J connectivity index is 1.76. The monoisotopic (exact) mass is 435 g/mol. The van der Waals surface area contributed by atoms with E-state index in [1.165, 1.54) is 0 Å². The third-order valence-electron chi connectivity index (χ3n) is 4.84. The minimum absolute atomic E-state index is 0.524. The number of aliphatic hydroxyl groups excluding tert-OH is 7. The van der Waals surface area contributed by atoms with Crippen LogP contribution in [0.25, 0.3) is 0 Å². The number of nitrogens with zero attached hydrogens (tertiary/aromatic N) is 1. The molecule has 2 aliphatic heterocycles. The minimum Gasteiger partial charge on any atom is -0.394 e. The van der Waals surface area contributed by atoms with Crippen LogP contribution in [0.2, 0.25) is 0 Å². The molecule has 0 spiro atoms. The minimum atomic E-state index is -1.70. The predicted molar refractivity (Wildman–Crippen MR) is 96.5 cm³/mol. The maximum atomic E-state index is 10.7. The molecule has 2 fully saturated rings. The molecule has 12 heteroatoms. The van der Waals surface area contributed by atoms with Crippen molar-refractivity contribution >= 4 is 11.8 Å². The van der Waals surface area contributed by atoms with E-state index in [9.17, 15) is 35.7 Å². The van der Waals surface area contributed by atoms with E-state index >= 15 is 0 Å². The second kappa shape index (κ2) is 9.94. The Hall–Kier alpha value is -0.900. The van der Waals surface area contributed by atoms with Crippen LogP contribution in [0.1, 0.15) is 0 Å². The average Bonchev–Trinajstić information content (AvgIpc) is 2.73. The molecule has 0 radical (unpaired) electrons. The maximum Gasteiger partial charge on any atom is 0.187 e. The molecule has 3 rings (SSSR count). The van der Waals surface area contributed by atoms with Gasteiger partial charge in [0.25, 0.3) is 0 Å². The van der Waals surface area contributed by atoms with Crippen molar-refractivity contribution in [2.24, 2.45) is 0 Å². The molecule has 2 saturated heterocycles. The van der Waals surface area contributed by atoms with Gasteiger partial charge in [0, 0.05) is 6.20 Å². The SMILES string of the molecule is OC[C@H]1O[C@@H](O[C@@H]2[C@@H](O)[C@H](Sc3ccccn3)O[C@H](CO)[C@H]2O)[C@H](O)[C@@H](O)[C@@H]1O. The summed E-state index contributed by atoms with van der Waals surface area (Å²) in [6.45, 7) is -1.22. The van der Waals surface area contributed by atoms with Crippen molar-refractivity contribution in [2.45, 2.75) is 65.6 Å². The lowest BCUT2D eigenvalue weighted by atomic mass is 9.97. The second-order valence-electron chi connectivity index (χ2n) is 6.79. The van der Waals surface area contributed by atoms with Crippen molar-refractivity contribution < 1.29 is 50.0 Å². The Morgan fingerprint density at radius 1 is 0.862 bits per heavy atom. The highest BCUT2D eigenvalue weighted by Crippen LogP contribution is 2.35. The van der Waals surface area contributed by atoms with Gasteiger partial charge in [0.1, 0.15) is 54.3 Å². The molecule has 7 N–H and O–H groups in total. The Morgan fingerprint density at radius 2 is 1.55 bits per heavy atom. The number of aromatic nitrogens is 1. The smallest absolute Gasteiger partial charge is 0.187 e. The molecule has 0 aromatic carbocycles. The van der Waals surface area contributed by atoms with Crippen molar-refractivity contribution in [3.05, 3.63) is 24.4 Å². The van der Waals surface area contributed by atoms with Crippen LogP contribution in [0.4, 0.5) is 0 Å². The number of thioether (sulfide) groups is 1. The number of hydrogen-bond donors (Lipinski definition) is 7. The molecular weight excluding hydrogens is 410 g/mol. The lowest BCUT2D eigenvalue weighted by molar-refractivity contribution is -0.337. The molecule has 0 aliphatic carbocycles. The first-order valence-corrected chi connectivity index (χ1v) is 9.91. The Morgan fingerprint density at radius 3 is 2.17 bits per heavy atom. The highest BCUT2D eigenvalue weighted by atomic mass is 32.2. The van der Waals surface area contributed by atoms with Gasteiger partial charge >= 0.3 is 0 Å².